The minimum absolute atomic E-state index is 0.0120. The van der Waals surface area contributed by atoms with Crippen molar-refractivity contribution in [3.8, 4) is 0 Å². The van der Waals surface area contributed by atoms with Gasteiger partial charge in [-0.15, -0.1) is 0 Å². The molecule has 7 heteroatoms. The third-order valence-electron chi connectivity index (χ3n) is 8.11. The summed E-state index contributed by atoms with van der Waals surface area (Å²) in [7, 11) is 3.14. The molecule has 0 atom stereocenters. The molecule has 4 rings (SSSR count). The van der Waals surface area contributed by atoms with Gasteiger partial charge < -0.3 is 19.0 Å². The zero-order chi connectivity index (χ0) is 22.6. The van der Waals surface area contributed by atoms with Gasteiger partial charge in [0, 0.05) is 42.9 Å². The Balaban J connectivity index is 1.25. The summed E-state index contributed by atoms with van der Waals surface area (Å²) >= 11 is 0. The highest BCUT2D eigenvalue weighted by molar-refractivity contribution is 5.81. The molecule has 3 aliphatic rings. The SMILES string of the molecule is COC(=O)N(C)[C@]1(C)C[C@H](C(=O)N2CCC3(CC2)CC(c2nc(C(C)(C)C)co2)C3)C1. The van der Waals surface area contributed by atoms with Gasteiger partial charge in [-0.1, -0.05) is 20.8 Å². The van der Waals surface area contributed by atoms with Crippen molar-refractivity contribution in [2.75, 3.05) is 27.2 Å². The molecule has 2 aliphatic carbocycles. The molecule has 0 bridgehead atoms. The van der Waals surface area contributed by atoms with Gasteiger partial charge in [0.05, 0.1) is 12.8 Å². The lowest BCUT2D eigenvalue weighted by Crippen LogP contribution is -2.60. The number of rotatable bonds is 3. The number of nitrogens with zero attached hydrogens (tertiary/aromatic N) is 3. The van der Waals surface area contributed by atoms with E-state index in [1.54, 1.807) is 11.9 Å². The van der Waals surface area contributed by atoms with Crippen LogP contribution in [0.4, 0.5) is 4.79 Å². The van der Waals surface area contributed by atoms with Crippen molar-refractivity contribution in [1.29, 1.82) is 0 Å². The minimum Gasteiger partial charge on any atom is -0.453 e. The summed E-state index contributed by atoms with van der Waals surface area (Å²) in [4.78, 5) is 33.2. The van der Waals surface area contributed by atoms with E-state index >= 15 is 0 Å². The smallest absolute Gasteiger partial charge is 0.409 e. The topological polar surface area (TPSA) is 75.9 Å². The highest BCUT2D eigenvalue weighted by atomic mass is 16.5. The van der Waals surface area contributed by atoms with Gasteiger partial charge in [-0.25, -0.2) is 9.78 Å². The van der Waals surface area contributed by atoms with Gasteiger partial charge in [0.2, 0.25) is 5.91 Å². The van der Waals surface area contributed by atoms with Gasteiger partial charge >= 0.3 is 6.09 Å². The van der Waals surface area contributed by atoms with E-state index in [1.165, 1.54) is 7.11 Å². The van der Waals surface area contributed by atoms with E-state index in [4.69, 9.17) is 14.1 Å². The van der Waals surface area contributed by atoms with Crippen LogP contribution in [0.2, 0.25) is 0 Å². The van der Waals surface area contributed by atoms with Crippen molar-refractivity contribution in [1.82, 2.24) is 14.8 Å². The number of ether oxygens (including phenoxy) is 1. The molecule has 2 saturated carbocycles. The second-order valence-corrected chi connectivity index (χ2v) is 11.4. The molecule has 172 valence electrons. The molecule has 3 fully saturated rings. The Labute approximate surface area is 185 Å². The van der Waals surface area contributed by atoms with Gasteiger partial charge in [0.1, 0.15) is 6.26 Å². The van der Waals surface area contributed by atoms with Crippen molar-refractivity contribution >= 4 is 12.0 Å². The predicted molar refractivity (Wildman–Crippen MR) is 117 cm³/mol. The number of carbonyl (C=O) groups excluding carboxylic acids is 2. The molecular formula is C24H37N3O4. The van der Waals surface area contributed by atoms with E-state index in [9.17, 15) is 9.59 Å². The number of likely N-dealkylation sites (tertiary alicyclic amines) is 1. The van der Waals surface area contributed by atoms with E-state index in [1.807, 2.05) is 18.1 Å². The van der Waals surface area contributed by atoms with Crippen LogP contribution < -0.4 is 0 Å². The van der Waals surface area contributed by atoms with E-state index in [0.717, 1.165) is 50.4 Å². The lowest BCUT2D eigenvalue weighted by Gasteiger charge is -2.53. The Hall–Kier alpha value is -2.05. The van der Waals surface area contributed by atoms with Gasteiger partial charge in [0.15, 0.2) is 5.89 Å². The lowest BCUT2D eigenvalue weighted by molar-refractivity contribution is -0.147. The summed E-state index contributed by atoms with van der Waals surface area (Å²) in [5.41, 5.74) is 1.09. The molecule has 0 aromatic carbocycles. The Bertz CT molecular complexity index is 833. The fourth-order valence-electron chi connectivity index (χ4n) is 5.66. The second kappa shape index (κ2) is 7.52. The average Bonchev–Trinajstić information content (AvgIpc) is 3.18. The van der Waals surface area contributed by atoms with Crippen LogP contribution in [0.15, 0.2) is 10.7 Å². The zero-order valence-corrected chi connectivity index (χ0v) is 19.9. The molecule has 1 aromatic rings. The second-order valence-electron chi connectivity index (χ2n) is 11.4. The number of oxazole rings is 1. The number of amides is 2. The van der Waals surface area contributed by atoms with Crippen molar-refractivity contribution in [2.45, 2.75) is 83.1 Å². The number of hydrogen-bond donors (Lipinski definition) is 0. The van der Waals surface area contributed by atoms with Gasteiger partial charge in [-0.05, 0) is 50.9 Å². The maximum absolute atomic E-state index is 13.0. The lowest BCUT2D eigenvalue weighted by atomic mass is 9.57. The van der Waals surface area contributed by atoms with Gasteiger partial charge in [-0.3, -0.25) is 4.79 Å². The molecule has 1 aliphatic heterocycles. The minimum atomic E-state index is -0.339. The van der Waals surface area contributed by atoms with Crippen LogP contribution in [0.3, 0.4) is 0 Å². The van der Waals surface area contributed by atoms with Crippen LogP contribution in [-0.2, 0) is 14.9 Å². The van der Waals surface area contributed by atoms with Gasteiger partial charge in [0.25, 0.3) is 0 Å². The molecule has 0 N–H and O–H groups in total. The molecule has 1 spiro atoms. The van der Waals surface area contributed by atoms with Crippen LogP contribution >= 0.6 is 0 Å². The zero-order valence-electron chi connectivity index (χ0n) is 19.9. The van der Waals surface area contributed by atoms with Crippen molar-refractivity contribution < 1.29 is 18.7 Å². The number of piperidine rings is 1. The third kappa shape index (κ3) is 3.96. The van der Waals surface area contributed by atoms with Gasteiger partial charge in [-0.2, -0.15) is 0 Å². The maximum Gasteiger partial charge on any atom is 0.409 e. The molecule has 0 radical (unpaired) electrons. The first-order valence-electron chi connectivity index (χ1n) is 11.5. The van der Waals surface area contributed by atoms with Crippen LogP contribution in [0, 0.1) is 11.3 Å². The highest BCUT2D eigenvalue weighted by Crippen LogP contribution is 2.57. The van der Waals surface area contributed by atoms with Crippen molar-refractivity contribution in [3.05, 3.63) is 17.8 Å². The van der Waals surface area contributed by atoms with Crippen molar-refractivity contribution in [2.24, 2.45) is 11.3 Å². The highest BCUT2D eigenvalue weighted by Gasteiger charge is 2.52. The molecule has 31 heavy (non-hydrogen) atoms. The average molecular weight is 432 g/mol. The summed E-state index contributed by atoms with van der Waals surface area (Å²) in [5.74, 6) is 1.57. The predicted octanol–water partition coefficient (Wildman–Crippen LogP) is 4.33. The summed E-state index contributed by atoms with van der Waals surface area (Å²) in [6, 6.07) is 0. The van der Waals surface area contributed by atoms with E-state index in [-0.39, 0.29) is 28.9 Å². The summed E-state index contributed by atoms with van der Waals surface area (Å²) in [6.07, 6.45) is 7.25. The van der Waals surface area contributed by atoms with Crippen molar-refractivity contribution in [3.63, 3.8) is 0 Å². The maximum atomic E-state index is 13.0. The molecular weight excluding hydrogens is 394 g/mol. The Morgan fingerprint density at radius 2 is 1.81 bits per heavy atom. The molecule has 7 nitrogen and oxygen atoms in total. The monoisotopic (exact) mass is 431 g/mol. The fraction of sp³-hybridized carbons (Fsp3) is 0.792. The quantitative estimate of drug-likeness (QED) is 0.712. The van der Waals surface area contributed by atoms with Crippen LogP contribution in [-0.4, -0.2) is 59.6 Å². The summed E-state index contributed by atoms with van der Waals surface area (Å²) < 4.78 is 10.6. The summed E-state index contributed by atoms with van der Waals surface area (Å²) in [6.45, 7) is 10.2. The molecule has 2 amide bonds. The molecule has 2 heterocycles. The van der Waals surface area contributed by atoms with Crippen LogP contribution in [0.5, 0.6) is 0 Å². The Kier molecular flexibility index (Phi) is 5.38. The number of hydrogen-bond acceptors (Lipinski definition) is 5. The standard InChI is InChI=1S/C24H37N3O4/c1-22(2,3)18-15-31-19(25-18)16-13-24(14-16)7-9-27(10-8-24)20(28)17-11-23(4,12-17)26(5)21(29)30-6/h15-17H,7-14H2,1-6H3/t17-,23+. The Morgan fingerprint density at radius 3 is 2.32 bits per heavy atom. The van der Waals surface area contributed by atoms with E-state index in [0.29, 0.717) is 24.2 Å². The molecule has 0 unspecified atom stereocenters. The Morgan fingerprint density at radius 1 is 1.19 bits per heavy atom. The van der Waals surface area contributed by atoms with Crippen LogP contribution in [0.1, 0.15) is 83.7 Å². The largest absolute Gasteiger partial charge is 0.453 e. The summed E-state index contributed by atoms with van der Waals surface area (Å²) in [5, 5.41) is 0. The molecule has 1 saturated heterocycles. The number of aromatic nitrogens is 1. The number of methoxy groups -OCH3 is 1. The van der Waals surface area contributed by atoms with E-state index < -0.39 is 0 Å². The van der Waals surface area contributed by atoms with E-state index in [2.05, 4.69) is 20.8 Å². The normalized spacial score (nSPS) is 28.1. The first-order chi connectivity index (χ1) is 14.5. The third-order valence-corrected chi connectivity index (χ3v) is 8.11. The number of carbonyl (C=O) groups is 2. The van der Waals surface area contributed by atoms with Crippen LogP contribution in [0.25, 0.3) is 0 Å². The molecule has 1 aromatic heterocycles. The first kappa shape index (κ1) is 22.2. The first-order valence-corrected chi connectivity index (χ1v) is 11.5. The fourth-order valence-corrected chi connectivity index (χ4v) is 5.66.